The summed E-state index contributed by atoms with van der Waals surface area (Å²) in [4.78, 5) is 5.06. The first-order valence-electron chi connectivity index (χ1n) is 18.8. The van der Waals surface area contributed by atoms with Crippen LogP contribution < -0.4 is 26.2 Å². The van der Waals surface area contributed by atoms with E-state index < -0.39 is 0 Å². The van der Waals surface area contributed by atoms with Crippen LogP contribution >= 0.6 is 0 Å². The van der Waals surface area contributed by atoms with E-state index >= 15 is 0 Å². The Morgan fingerprint density at radius 2 is 1.17 bits per heavy atom. The lowest BCUT2D eigenvalue weighted by molar-refractivity contribution is 0.382. The Labute approximate surface area is 309 Å². The molecule has 2 nitrogen and oxygen atoms in total. The van der Waals surface area contributed by atoms with Gasteiger partial charge in [0.2, 0.25) is 0 Å². The topological polar surface area (TPSA) is 6.48 Å². The van der Waals surface area contributed by atoms with Crippen molar-refractivity contribution in [3.63, 3.8) is 0 Å². The van der Waals surface area contributed by atoms with E-state index in [1.54, 1.807) is 0 Å². The van der Waals surface area contributed by atoms with Gasteiger partial charge in [-0.1, -0.05) is 143 Å². The maximum atomic E-state index is 2.58. The number of benzene rings is 6. The van der Waals surface area contributed by atoms with E-state index in [-0.39, 0.29) is 17.5 Å². The Bertz CT molecular complexity index is 2370. The van der Waals surface area contributed by atoms with E-state index in [1.807, 2.05) is 0 Å². The standard InChI is InChI=1S/C49H45BN2/c1-34-30-45-47-46(31-34)52(40-25-17-22-37(32-40)48(2,3)35-18-9-6-10-19-35)44-33-38(49(4,5)36-20-11-7-12-21-36)28-29-42(44)50(47)41-26-15-16-27-43(41)51(45)39-23-13-8-14-24-39/h6-20,22-33,36H,21H2,1-5H3. The van der Waals surface area contributed by atoms with Crippen molar-refractivity contribution in [2.24, 2.45) is 5.92 Å². The third kappa shape index (κ3) is 5.09. The number of allylic oxidation sites excluding steroid dienone is 4. The average Bonchev–Trinajstić information content (AvgIpc) is 3.18. The maximum absolute atomic E-state index is 2.58. The van der Waals surface area contributed by atoms with Gasteiger partial charge in [-0.2, -0.15) is 0 Å². The van der Waals surface area contributed by atoms with Crippen LogP contribution in [0.4, 0.5) is 34.1 Å². The summed E-state index contributed by atoms with van der Waals surface area (Å²) < 4.78 is 0. The summed E-state index contributed by atoms with van der Waals surface area (Å²) in [5, 5.41) is 0. The maximum Gasteiger partial charge on any atom is 0.252 e. The molecule has 0 N–H and O–H groups in total. The lowest BCUT2D eigenvalue weighted by atomic mass is 9.33. The molecule has 0 saturated carbocycles. The van der Waals surface area contributed by atoms with Gasteiger partial charge in [-0.3, -0.25) is 0 Å². The first-order valence-corrected chi connectivity index (χ1v) is 18.8. The zero-order valence-corrected chi connectivity index (χ0v) is 30.8. The van der Waals surface area contributed by atoms with Crippen LogP contribution in [0, 0.1) is 12.8 Å². The molecule has 3 aliphatic rings. The summed E-state index contributed by atoms with van der Waals surface area (Å²) in [6, 6.07) is 52.3. The summed E-state index contributed by atoms with van der Waals surface area (Å²) in [6.45, 7) is 11.9. The molecule has 9 rings (SSSR count). The van der Waals surface area contributed by atoms with Gasteiger partial charge in [-0.15, -0.1) is 0 Å². The normalized spacial score (nSPS) is 16.0. The minimum atomic E-state index is -0.168. The highest BCUT2D eigenvalue weighted by atomic mass is 15.2. The molecule has 2 heterocycles. The number of hydrogen-bond donors (Lipinski definition) is 0. The Hall–Kier alpha value is -5.54. The Balaban J connectivity index is 1.31. The number of rotatable bonds is 6. The molecule has 0 aromatic heterocycles. The first kappa shape index (κ1) is 32.4. The average molecular weight is 673 g/mol. The third-order valence-electron chi connectivity index (χ3n) is 12.1. The monoisotopic (exact) mass is 672 g/mol. The number of anilines is 6. The van der Waals surface area contributed by atoms with Crippen molar-refractivity contribution in [1.82, 2.24) is 0 Å². The molecule has 0 bridgehead atoms. The number of hydrogen-bond acceptors (Lipinski definition) is 2. The van der Waals surface area contributed by atoms with Crippen LogP contribution in [0.1, 0.15) is 56.4 Å². The summed E-state index contributed by atoms with van der Waals surface area (Å²) in [6.07, 6.45) is 10.2. The van der Waals surface area contributed by atoms with Crippen LogP contribution in [-0.2, 0) is 10.8 Å². The van der Waals surface area contributed by atoms with Gasteiger partial charge in [0.1, 0.15) is 0 Å². The third-order valence-corrected chi connectivity index (χ3v) is 12.1. The highest BCUT2D eigenvalue weighted by Crippen LogP contribution is 2.47. The van der Waals surface area contributed by atoms with E-state index in [4.69, 9.17) is 0 Å². The second-order valence-corrected chi connectivity index (χ2v) is 15.9. The molecule has 1 unspecified atom stereocenters. The number of aryl methyl sites for hydroxylation is 1. The number of fused-ring (bicyclic) bond motifs is 4. The molecule has 0 spiro atoms. The minimum Gasteiger partial charge on any atom is -0.311 e. The molecule has 2 aliphatic heterocycles. The summed E-state index contributed by atoms with van der Waals surface area (Å²) >= 11 is 0. The molecule has 0 amide bonds. The van der Waals surface area contributed by atoms with Crippen LogP contribution in [0.5, 0.6) is 0 Å². The van der Waals surface area contributed by atoms with Gasteiger partial charge in [-0.25, -0.2) is 0 Å². The van der Waals surface area contributed by atoms with Crippen molar-refractivity contribution in [2.45, 2.75) is 51.9 Å². The predicted molar refractivity (Wildman–Crippen MR) is 223 cm³/mol. The fourth-order valence-electron chi connectivity index (χ4n) is 9.00. The predicted octanol–water partition coefficient (Wildman–Crippen LogP) is 10.8. The van der Waals surface area contributed by atoms with Crippen molar-refractivity contribution in [2.75, 3.05) is 9.80 Å². The smallest absolute Gasteiger partial charge is 0.252 e. The van der Waals surface area contributed by atoms with E-state index in [2.05, 4.69) is 208 Å². The SMILES string of the molecule is Cc1cc2c3c(c1)N(c1cccc(C(C)(C)c4ccccc4)c1)c1cc(C(C)(C)C4C=CC=CC4)ccc1B3c1ccccc1N2c1ccccc1. The number of nitrogens with zero attached hydrogens (tertiary/aromatic N) is 2. The second-order valence-electron chi connectivity index (χ2n) is 15.9. The first-order chi connectivity index (χ1) is 25.2. The molecule has 1 atom stereocenters. The van der Waals surface area contributed by atoms with Crippen molar-refractivity contribution in [3.05, 3.63) is 186 Å². The molecule has 0 saturated heterocycles. The minimum absolute atomic E-state index is 0.0499. The molecule has 3 heteroatoms. The van der Waals surface area contributed by atoms with E-state index in [0.717, 1.165) is 6.42 Å². The molecule has 6 aromatic carbocycles. The Kier molecular flexibility index (Phi) is 7.66. The van der Waals surface area contributed by atoms with Crippen molar-refractivity contribution in [1.29, 1.82) is 0 Å². The lowest BCUT2D eigenvalue weighted by Crippen LogP contribution is -2.61. The zero-order chi connectivity index (χ0) is 35.6. The van der Waals surface area contributed by atoms with E-state index in [1.165, 1.54) is 72.8 Å². The molecule has 0 fully saturated rings. The van der Waals surface area contributed by atoms with Crippen LogP contribution in [0.15, 0.2) is 164 Å². The van der Waals surface area contributed by atoms with Crippen molar-refractivity contribution >= 4 is 57.2 Å². The summed E-state index contributed by atoms with van der Waals surface area (Å²) in [5.41, 5.74) is 16.5. The Morgan fingerprint density at radius 3 is 1.90 bits per heavy atom. The van der Waals surface area contributed by atoms with Crippen LogP contribution in [0.25, 0.3) is 0 Å². The van der Waals surface area contributed by atoms with Gasteiger partial charge in [-0.05, 0) is 112 Å². The van der Waals surface area contributed by atoms with Gasteiger partial charge in [0.05, 0.1) is 0 Å². The molecular formula is C49H45BN2. The summed E-state index contributed by atoms with van der Waals surface area (Å²) in [7, 11) is 0. The van der Waals surface area contributed by atoms with Crippen LogP contribution in [0.3, 0.4) is 0 Å². The van der Waals surface area contributed by atoms with Gasteiger partial charge in [0, 0.05) is 39.5 Å². The molecule has 1 aliphatic carbocycles. The van der Waals surface area contributed by atoms with Gasteiger partial charge >= 0.3 is 0 Å². The quantitative estimate of drug-likeness (QED) is 0.162. The fourth-order valence-corrected chi connectivity index (χ4v) is 9.00. The molecule has 52 heavy (non-hydrogen) atoms. The zero-order valence-electron chi connectivity index (χ0n) is 30.8. The van der Waals surface area contributed by atoms with Gasteiger partial charge < -0.3 is 9.80 Å². The molecule has 254 valence electrons. The Morgan fingerprint density at radius 1 is 0.538 bits per heavy atom. The fraction of sp³-hybridized carbons (Fsp3) is 0.184. The van der Waals surface area contributed by atoms with E-state index in [0.29, 0.717) is 5.92 Å². The highest BCUT2D eigenvalue weighted by Gasteiger charge is 2.44. The highest BCUT2D eigenvalue weighted by molar-refractivity contribution is 7.00. The van der Waals surface area contributed by atoms with Crippen LogP contribution in [0.2, 0.25) is 0 Å². The largest absolute Gasteiger partial charge is 0.311 e. The lowest BCUT2D eigenvalue weighted by Gasteiger charge is -2.45. The van der Waals surface area contributed by atoms with Crippen molar-refractivity contribution < 1.29 is 0 Å². The van der Waals surface area contributed by atoms with Crippen LogP contribution in [-0.4, -0.2) is 6.71 Å². The van der Waals surface area contributed by atoms with Gasteiger partial charge in [0.25, 0.3) is 6.71 Å². The summed E-state index contributed by atoms with van der Waals surface area (Å²) in [5.74, 6) is 0.429. The molecular weight excluding hydrogens is 627 g/mol. The second kappa shape index (κ2) is 12.3. The molecule has 6 aromatic rings. The van der Waals surface area contributed by atoms with Gasteiger partial charge in [0.15, 0.2) is 0 Å². The van der Waals surface area contributed by atoms with Crippen molar-refractivity contribution in [3.8, 4) is 0 Å². The molecule has 0 radical (unpaired) electrons. The number of para-hydroxylation sites is 2. The van der Waals surface area contributed by atoms with E-state index in [9.17, 15) is 0 Å².